The number of rotatable bonds is 10. The van der Waals surface area contributed by atoms with Crippen LogP contribution in [0.25, 0.3) is 0 Å². The number of hydrogen-bond acceptors (Lipinski definition) is 8. The molecule has 5 rings (SSSR count). The van der Waals surface area contributed by atoms with Gasteiger partial charge in [-0.25, -0.2) is 4.68 Å². The maximum absolute atomic E-state index is 13.8. The number of ether oxygens (including phenoxy) is 3. The first kappa shape index (κ1) is 28.0. The lowest BCUT2D eigenvalue weighted by molar-refractivity contribution is -0.139. The summed E-state index contributed by atoms with van der Waals surface area (Å²) in [5.41, 5.74) is -0.843. The Morgan fingerprint density at radius 2 is 2.02 bits per heavy atom. The van der Waals surface area contributed by atoms with E-state index in [1.165, 1.54) is 16.9 Å². The molecule has 1 aliphatic carbocycles. The van der Waals surface area contributed by atoms with Gasteiger partial charge in [-0.1, -0.05) is 31.0 Å². The molecule has 1 aromatic carbocycles. The van der Waals surface area contributed by atoms with Crippen molar-refractivity contribution in [3.63, 3.8) is 0 Å². The van der Waals surface area contributed by atoms with Crippen molar-refractivity contribution in [1.82, 2.24) is 19.6 Å². The number of anilines is 1. The molecule has 0 spiro atoms. The van der Waals surface area contributed by atoms with Crippen LogP contribution in [-0.2, 0) is 32.8 Å². The number of nitrogens with one attached hydrogen (secondary N) is 1. The minimum absolute atomic E-state index is 0.0196. The molecule has 3 heterocycles. The van der Waals surface area contributed by atoms with E-state index in [2.05, 4.69) is 15.5 Å². The van der Waals surface area contributed by atoms with Gasteiger partial charge >= 0.3 is 0 Å². The van der Waals surface area contributed by atoms with Crippen LogP contribution >= 0.6 is 0 Å². The molecule has 2 N–H and O–H groups in total. The topological polar surface area (TPSA) is 130 Å². The highest BCUT2D eigenvalue weighted by molar-refractivity contribution is 5.95. The molecule has 1 aliphatic heterocycles. The normalized spacial score (nSPS) is 20.4. The van der Waals surface area contributed by atoms with E-state index in [1.54, 1.807) is 29.9 Å². The maximum atomic E-state index is 13.8. The highest BCUT2D eigenvalue weighted by Crippen LogP contribution is 2.39. The van der Waals surface area contributed by atoms with Crippen LogP contribution in [0.15, 0.2) is 53.6 Å². The zero-order valence-corrected chi connectivity index (χ0v) is 23.2. The summed E-state index contributed by atoms with van der Waals surface area (Å²) in [5, 5.41) is 21.2. The lowest BCUT2D eigenvalue weighted by Crippen LogP contribution is -2.53. The van der Waals surface area contributed by atoms with Gasteiger partial charge in [0.15, 0.2) is 17.4 Å². The van der Waals surface area contributed by atoms with Gasteiger partial charge in [-0.3, -0.25) is 14.3 Å². The summed E-state index contributed by atoms with van der Waals surface area (Å²) in [7, 11) is 0. The summed E-state index contributed by atoms with van der Waals surface area (Å²) >= 11 is 0. The predicted octanol–water partition coefficient (Wildman–Crippen LogP) is 3.46. The van der Waals surface area contributed by atoms with Crippen molar-refractivity contribution in [2.24, 2.45) is 5.92 Å². The Labute approximate surface area is 233 Å². The molecular formula is C29H37N5O6. The largest absolute Gasteiger partial charge is 0.455 e. The third-order valence-corrected chi connectivity index (χ3v) is 7.75. The zero-order valence-electron chi connectivity index (χ0n) is 23.2. The average Bonchev–Trinajstić information content (AvgIpc) is 3.67. The van der Waals surface area contributed by atoms with E-state index in [4.69, 9.17) is 14.2 Å². The number of aliphatic hydroxyl groups is 1. The number of nitrogens with zero attached hydrogens (tertiary/aromatic N) is 4. The van der Waals surface area contributed by atoms with E-state index in [0.717, 1.165) is 31.2 Å². The number of aliphatic hydroxyl groups excluding tert-OH is 1. The van der Waals surface area contributed by atoms with Crippen LogP contribution in [0.3, 0.4) is 0 Å². The zero-order chi connectivity index (χ0) is 28.3. The highest BCUT2D eigenvalue weighted by atomic mass is 16.7. The third kappa shape index (κ3) is 5.96. The summed E-state index contributed by atoms with van der Waals surface area (Å²) in [6, 6.07) is 10.4. The second-order valence-corrected chi connectivity index (χ2v) is 11.1. The highest BCUT2D eigenvalue weighted by Gasteiger charge is 2.46. The third-order valence-electron chi connectivity index (χ3n) is 7.75. The fourth-order valence-electron chi connectivity index (χ4n) is 5.63. The fraction of sp³-hybridized carbons (Fsp3) is 0.517. The summed E-state index contributed by atoms with van der Waals surface area (Å²) in [6.45, 7) is 6.45. The Balaban J connectivity index is 1.35. The molecule has 11 heteroatoms. The molecule has 1 saturated carbocycles. The van der Waals surface area contributed by atoms with Crippen molar-refractivity contribution in [2.75, 3.05) is 18.5 Å². The van der Waals surface area contributed by atoms with Crippen molar-refractivity contribution >= 4 is 11.7 Å². The van der Waals surface area contributed by atoms with E-state index in [1.807, 2.05) is 32.0 Å². The first-order valence-electron chi connectivity index (χ1n) is 13.8. The standard InChI is InChI=1S/C29H37N5O6/c1-28(2)38-19-23(40-28)18-33-14-12-25(32-33)31-27(37)29(3,21-9-5-6-10-21)34-26(36)16-22(17-30-34)39-24-11-7-4-8-20(24)13-15-35/h4,7-8,11-12,14,16-17,21,23,35H,5-6,9-10,13,15,18-19H2,1-3H3,(H,31,32,37)/t23-,29?/m1/s1. The molecule has 1 saturated heterocycles. The van der Waals surface area contributed by atoms with E-state index < -0.39 is 16.9 Å². The van der Waals surface area contributed by atoms with Gasteiger partial charge in [-0.15, -0.1) is 0 Å². The minimum atomic E-state index is -1.23. The number of amides is 1. The summed E-state index contributed by atoms with van der Waals surface area (Å²) < 4.78 is 20.4. The molecule has 2 atom stereocenters. The van der Waals surface area contributed by atoms with Crippen LogP contribution in [0.4, 0.5) is 5.82 Å². The smallest absolute Gasteiger partial charge is 0.271 e. The predicted molar refractivity (Wildman–Crippen MR) is 147 cm³/mol. The maximum Gasteiger partial charge on any atom is 0.271 e. The second-order valence-electron chi connectivity index (χ2n) is 11.1. The van der Waals surface area contributed by atoms with E-state index >= 15 is 0 Å². The number of aromatic nitrogens is 4. The van der Waals surface area contributed by atoms with Gasteiger partial charge in [0, 0.05) is 24.9 Å². The van der Waals surface area contributed by atoms with Crippen molar-refractivity contribution in [3.8, 4) is 11.5 Å². The van der Waals surface area contributed by atoms with Crippen LogP contribution in [0.5, 0.6) is 11.5 Å². The van der Waals surface area contributed by atoms with Gasteiger partial charge in [0.2, 0.25) is 0 Å². The monoisotopic (exact) mass is 551 g/mol. The second kappa shape index (κ2) is 11.5. The van der Waals surface area contributed by atoms with Gasteiger partial charge in [0.05, 0.1) is 19.3 Å². The van der Waals surface area contributed by atoms with E-state index in [-0.39, 0.29) is 30.3 Å². The summed E-state index contributed by atoms with van der Waals surface area (Å²) in [5.74, 6) is 0.162. The Bertz CT molecular complexity index is 1400. The molecular weight excluding hydrogens is 514 g/mol. The molecule has 1 unspecified atom stereocenters. The number of carbonyl (C=O) groups excluding carboxylic acids is 1. The quantitative estimate of drug-likeness (QED) is 0.392. The molecule has 2 aromatic heterocycles. The van der Waals surface area contributed by atoms with Crippen molar-refractivity contribution < 1.29 is 24.1 Å². The van der Waals surface area contributed by atoms with Gasteiger partial charge in [-0.05, 0) is 57.6 Å². The van der Waals surface area contributed by atoms with Gasteiger partial charge < -0.3 is 24.6 Å². The van der Waals surface area contributed by atoms with E-state index in [9.17, 15) is 14.7 Å². The number of hydrogen-bond donors (Lipinski definition) is 2. The van der Waals surface area contributed by atoms with Gasteiger partial charge in [0.25, 0.3) is 11.5 Å². The van der Waals surface area contributed by atoms with E-state index in [0.29, 0.717) is 31.1 Å². The fourth-order valence-corrected chi connectivity index (χ4v) is 5.63. The van der Waals surface area contributed by atoms with Crippen LogP contribution < -0.4 is 15.6 Å². The molecule has 1 amide bonds. The Morgan fingerprint density at radius 3 is 2.73 bits per heavy atom. The first-order valence-corrected chi connectivity index (χ1v) is 13.8. The molecule has 2 aliphatic rings. The van der Waals surface area contributed by atoms with Crippen LogP contribution in [0, 0.1) is 5.92 Å². The molecule has 2 fully saturated rings. The number of carbonyl (C=O) groups is 1. The summed E-state index contributed by atoms with van der Waals surface area (Å²) in [6.07, 6.45) is 7.12. The Kier molecular flexibility index (Phi) is 8.07. The lowest BCUT2D eigenvalue weighted by Gasteiger charge is -2.34. The van der Waals surface area contributed by atoms with Gasteiger partial charge in [-0.2, -0.15) is 10.2 Å². The molecule has 3 aromatic rings. The molecule has 11 nitrogen and oxygen atoms in total. The molecule has 214 valence electrons. The van der Waals surface area contributed by atoms with Crippen molar-refractivity contribution in [1.29, 1.82) is 0 Å². The molecule has 0 bridgehead atoms. The molecule has 40 heavy (non-hydrogen) atoms. The van der Waals surface area contributed by atoms with Crippen LogP contribution in [0.1, 0.15) is 52.0 Å². The Morgan fingerprint density at radius 1 is 1.25 bits per heavy atom. The molecule has 0 radical (unpaired) electrons. The SMILES string of the molecule is CC1(C)OC[C@@H](Cn2ccc(NC(=O)C(C)(C3CCCC3)n3ncc(Oc4ccccc4CCO)cc3=O)n2)O1. The average molecular weight is 552 g/mol. The first-order chi connectivity index (χ1) is 19.2. The Hall–Kier alpha value is -3.54. The van der Waals surface area contributed by atoms with Crippen LogP contribution in [0.2, 0.25) is 0 Å². The minimum Gasteiger partial charge on any atom is -0.455 e. The lowest BCUT2D eigenvalue weighted by atomic mass is 9.83. The van der Waals surface area contributed by atoms with Crippen LogP contribution in [-0.4, -0.2) is 55.7 Å². The van der Waals surface area contributed by atoms with Crippen molar-refractivity contribution in [3.05, 3.63) is 64.7 Å². The number of para-hydroxylation sites is 1. The number of benzene rings is 1. The van der Waals surface area contributed by atoms with Gasteiger partial charge in [0.1, 0.15) is 17.4 Å². The summed E-state index contributed by atoms with van der Waals surface area (Å²) in [4.78, 5) is 27.3. The van der Waals surface area contributed by atoms with Crippen molar-refractivity contribution in [2.45, 2.75) is 76.9 Å².